The van der Waals surface area contributed by atoms with Crippen molar-refractivity contribution < 1.29 is 29.6 Å². The highest BCUT2D eigenvalue weighted by atomic mass is 16.5. The van der Waals surface area contributed by atoms with E-state index in [9.17, 15) is 19.8 Å². The van der Waals surface area contributed by atoms with Crippen LogP contribution in [0.2, 0.25) is 0 Å². The molecule has 0 radical (unpaired) electrons. The van der Waals surface area contributed by atoms with E-state index in [1.165, 1.54) is 19.4 Å². The number of pyridine rings is 1. The van der Waals surface area contributed by atoms with Crippen molar-refractivity contribution in [3.8, 4) is 11.5 Å². The largest absolute Gasteiger partial charge is 0.504 e. The van der Waals surface area contributed by atoms with Crippen LogP contribution < -0.4 is 4.74 Å². The average Bonchev–Trinajstić information content (AvgIpc) is 2.52. The molecule has 23 heavy (non-hydrogen) atoms. The van der Waals surface area contributed by atoms with Crippen molar-refractivity contribution in [3.63, 3.8) is 0 Å². The number of aromatic hydroxyl groups is 1. The van der Waals surface area contributed by atoms with Crippen molar-refractivity contribution in [1.82, 2.24) is 4.98 Å². The minimum Gasteiger partial charge on any atom is -0.504 e. The van der Waals surface area contributed by atoms with Crippen molar-refractivity contribution in [1.29, 1.82) is 0 Å². The third-order valence-corrected chi connectivity index (χ3v) is 3.37. The number of rotatable bonds is 6. The van der Waals surface area contributed by atoms with Crippen LogP contribution in [0.25, 0.3) is 0 Å². The highest BCUT2D eigenvalue weighted by Gasteiger charge is 2.20. The highest BCUT2D eigenvalue weighted by molar-refractivity contribution is 6.02. The lowest BCUT2D eigenvalue weighted by molar-refractivity contribution is 0.0650. The molecule has 0 aliphatic carbocycles. The van der Waals surface area contributed by atoms with E-state index in [-0.39, 0.29) is 29.0 Å². The summed E-state index contributed by atoms with van der Waals surface area (Å²) < 4.78 is 4.95. The maximum atomic E-state index is 11.3. The van der Waals surface area contributed by atoms with Gasteiger partial charge in [0.05, 0.1) is 23.9 Å². The van der Waals surface area contributed by atoms with Crippen molar-refractivity contribution in [2.75, 3.05) is 7.11 Å². The second-order valence-electron chi connectivity index (χ2n) is 4.80. The van der Waals surface area contributed by atoms with Crippen LogP contribution in [-0.2, 0) is 12.8 Å². The Morgan fingerprint density at radius 2 is 1.87 bits per heavy atom. The average molecular weight is 317 g/mol. The SMILES string of the molecule is COc1ccc(CCc2nccc(C(=O)O)c2C(=O)O)cc1O. The lowest BCUT2D eigenvalue weighted by atomic mass is 10.0. The van der Waals surface area contributed by atoms with Crippen molar-refractivity contribution in [3.05, 3.63) is 52.8 Å². The maximum Gasteiger partial charge on any atom is 0.338 e. The second kappa shape index (κ2) is 6.78. The molecule has 0 aliphatic rings. The third-order valence-electron chi connectivity index (χ3n) is 3.37. The molecule has 7 nitrogen and oxygen atoms in total. The topological polar surface area (TPSA) is 117 Å². The Morgan fingerprint density at radius 3 is 2.43 bits per heavy atom. The minimum atomic E-state index is -1.33. The second-order valence-corrected chi connectivity index (χ2v) is 4.80. The number of benzene rings is 1. The number of phenolic OH excluding ortho intramolecular Hbond substituents is 1. The number of methoxy groups -OCH3 is 1. The number of carbonyl (C=O) groups is 2. The minimum absolute atomic E-state index is 0.0179. The van der Waals surface area contributed by atoms with E-state index in [1.54, 1.807) is 12.1 Å². The molecule has 1 heterocycles. The van der Waals surface area contributed by atoms with Gasteiger partial charge in [0.2, 0.25) is 0 Å². The van der Waals surface area contributed by atoms with Crippen LogP contribution >= 0.6 is 0 Å². The van der Waals surface area contributed by atoms with Crippen LogP contribution in [0.5, 0.6) is 11.5 Å². The number of phenols is 1. The number of aryl methyl sites for hydroxylation is 2. The van der Waals surface area contributed by atoms with Gasteiger partial charge in [-0.05, 0) is 36.6 Å². The lowest BCUT2D eigenvalue weighted by Gasteiger charge is -2.09. The molecule has 3 N–H and O–H groups in total. The maximum absolute atomic E-state index is 11.3. The summed E-state index contributed by atoms with van der Waals surface area (Å²) in [6.45, 7) is 0. The summed E-state index contributed by atoms with van der Waals surface area (Å²) >= 11 is 0. The van der Waals surface area contributed by atoms with Gasteiger partial charge in [-0.2, -0.15) is 0 Å². The summed E-state index contributed by atoms with van der Waals surface area (Å²) in [5.74, 6) is -2.32. The molecule has 0 amide bonds. The van der Waals surface area contributed by atoms with Crippen LogP contribution in [0.15, 0.2) is 30.5 Å². The van der Waals surface area contributed by atoms with E-state index in [0.717, 1.165) is 11.6 Å². The number of carboxylic acid groups (broad SMARTS) is 2. The summed E-state index contributed by atoms with van der Waals surface area (Å²) in [5, 5.41) is 28.1. The zero-order valence-electron chi connectivity index (χ0n) is 12.3. The predicted molar refractivity (Wildman–Crippen MR) is 80.2 cm³/mol. The van der Waals surface area contributed by atoms with Gasteiger partial charge in [-0.15, -0.1) is 0 Å². The Kier molecular flexibility index (Phi) is 4.80. The van der Waals surface area contributed by atoms with Gasteiger partial charge >= 0.3 is 11.9 Å². The molecular weight excluding hydrogens is 302 g/mol. The Labute approximate surface area is 131 Å². The number of hydrogen-bond donors (Lipinski definition) is 3. The van der Waals surface area contributed by atoms with Gasteiger partial charge in [-0.1, -0.05) is 6.07 Å². The van der Waals surface area contributed by atoms with Crippen LogP contribution in [0, 0.1) is 0 Å². The summed E-state index contributed by atoms with van der Waals surface area (Å²) in [6, 6.07) is 6.01. The number of aromatic nitrogens is 1. The van der Waals surface area contributed by atoms with Crippen LogP contribution in [-0.4, -0.2) is 39.4 Å². The van der Waals surface area contributed by atoms with E-state index in [0.29, 0.717) is 12.2 Å². The molecule has 1 aromatic heterocycles. The normalized spacial score (nSPS) is 10.3. The first-order valence-corrected chi connectivity index (χ1v) is 6.74. The standard InChI is InChI=1S/C16H15NO6/c1-23-13-5-3-9(8-12(13)18)2-4-11-14(16(21)22)10(15(19)20)6-7-17-11/h3,5-8,18H,2,4H2,1H3,(H,19,20)(H,21,22). The number of carboxylic acids is 2. The van der Waals surface area contributed by atoms with Crippen LogP contribution in [0.4, 0.5) is 0 Å². The molecular formula is C16H15NO6. The fourth-order valence-corrected chi connectivity index (χ4v) is 2.27. The van der Waals surface area contributed by atoms with Crippen LogP contribution in [0.3, 0.4) is 0 Å². The molecule has 1 aromatic carbocycles. The van der Waals surface area contributed by atoms with Crippen molar-refractivity contribution in [2.24, 2.45) is 0 Å². The number of nitrogens with zero attached hydrogens (tertiary/aromatic N) is 1. The fourth-order valence-electron chi connectivity index (χ4n) is 2.27. The van der Waals surface area contributed by atoms with E-state index in [1.807, 2.05) is 0 Å². The van der Waals surface area contributed by atoms with Crippen molar-refractivity contribution >= 4 is 11.9 Å². The zero-order valence-corrected chi connectivity index (χ0v) is 12.3. The van der Waals surface area contributed by atoms with Gasteiger partial charge in [-0.25, -0.2) is 9.59 Å². The molecule has 0 saturated carbocycles. The van der Waals surface area contributed by atoms with E-state index in [2.05, 4.69) is 4.98 Å². The first-order valence-electron chi connectivity index (χ1n) is 6.74. The molecule has 120 valence electrons. The third kappa shape index (κ3) is 3.57. The predicted octanol–water partition coefficient (Wildman–Crippen LogP) is 1.98. The fraction of sp³-hybridized carbons (Fsp3) is 0.188. The summed E-state index contributed by atoms with van der Waals surface area (Å²) in [7, 11) is 1.44. The van der Waals surface area contributed by atoms with Crippen LogP contribution in [0.1, 0.15) is 32.0 Å². The molecule has 0 aliphatic heterocycles. The Morgan fingerprint density at radius 1 is 1.13 bits per heavy atom. The molecule has 0 unspecified atom stereocenters. The van der Waals surface area contributed by atoms with Gasteiger partial charge in [-0.3, -0.25) is 4.98 Å². The number of aromatic carboxylic acids is 2. The van der Waals surface area contributed by atoms with E-state index >= 15 is 0 Å². The van der Waals surface area contributed by atoms with Gasteiger partial charge in [0, 0.05) is 6.20 Å². The number of hydrogen-bond acceptors (Lipinski definition) is 5. The molecule has 7 heteroatoms. The molecule has 2 rings (SSSR count). The lowest BCUT2D eigenvalue weighted by Crippen LogP contribution is -2.13. The molecule has 2 aromatic rings. The first kappa shape index (κ1) is 16.3. The molecule has 0 bridgehead atoms. The summed E-state index contributed by atoms with van der Waals surface area (Å²) in [4.78, 5) is 26.4. The van der Waals surface area contributed by atoms with Gasteiger partial charge in [0.25, 0.3) is 0 Å². The van der Waals surface area contributed by atoms with E-state index < -0.39 is 11.9 Å². The molecule has 0 fully saturated rings. The first-order chi connectivity index (χ1) is 10.9. The molecule has 0 atom stereocenters. The van der Waals surface area contributed by atoms with Gasteiger partial charge < -0.3 is 20.1 Å². The molecule has 0 saturated heterocycles. The number of ether oxygens (including phenoxy) is 1. The van der Waals surface area contributed by atoms with Gasteiger partial charge in [0.15, 0.2) is 11.5 Å². The quantitative estimate of drug-likeness (QED) is 0.745. The molecule has 0 spiro atoms. The summed E-state index contributed by atoms with van der Waals surface area (Å²) in [5.41, 5.74) is 0.340. The summed E-state index contributed by atoms with van der Waals surface area (Å²) in [6.07, 6.45) is 1.90. The highest BCUT2D eigenvalue weighted by Crippen LogP contribution is 2.27. The smallest absolute Gasteiger partial charge is 0.338 e. The zero-order chi connectivity index (χ0) is 17.0. The Balaban J connectivity index is 2.27. The van der Waals surface area contributed by atoms with Gasteiger partial charge in [0.1, 0.15) is 0 Å². The van der Waals surface area contributed by atoms with Crippen molar-refractivity contribution in [2.45, 2.75) is 12.8 Å². The Bertz CT molecular complexity index is 756. The monoisotopic (exact) mass is 317 g/mol. The Hall–Kier alpha value is -3.09. The van der Waals surface area contributed by atoms with E-state index in [4.69, 9.17) is 9.84 Å².